The van der Waals surface area contributed by atoms with Crippen molar-refractivity contribution in [2.24, 2.45) is 0 Å². The van der Waals surface area contributed by atoms with Gasteiger partial charge in [-0.05, 0) is 12.2 Å². The highest BCUT2D eigenvalue weighted by molar-refractivity contribution is 7.99. The van der Waals surface area contributed by atoms with Gasteiger partial charge in [0.1, 0.15) is 11.6 Å². The van der Waals surface area contributed by atoms with Gasteiger partial charge in [0.25, 0.3) is 0 Å². The molecule has 2 heterocycles. The van der Waals surface area contributed by atoms with E-state index in [1.807, 2.05) is 11.8 Å². The summed E-state index contributed by atoms with van der Waals surface area (Å²) in [6.07, 6.45) is 4.46. The van der Waals surface area contributed by atoms with E-state index in [0.717, 1.165) is 11.6 Å². The molecule has 13 heavy (non-hydrogen) atoms. The van der Waals surface area contributed by atoms with Crippen LogP contribution in [0, 0.1) is 0 Å². The number of nitrogens with zero attached hydrogens (tertiary/aromatic N) is 2. The average Bonchev–Trinajstić information content (AvgIpc) is 2.62. The summed E-state index contributed by atoms with van der Waals surface area (Å²) in [4.78, 5) is 8.10. The number of anilines is 2. The molecule has 1 saturated heterocycles. The van der Waals surface area contributed by atoms with Crippen LogP contribution in [0.1, 0.15) is 6.42 Å². The predicted molar refractivity (Wildman–Crippen MR) is 55.8 cm³/mol. The topological polar surface area (TPSA) is 63.8 Å². The Morgan fingerprint density at radius 1 is 1.46 bits per heavy atom. The Balaban J connectivity index is 1.97. The van der Waals surface area contributed by atoms with Crippen LogP contribution in [0.5, 0.6) is 0 Å². The van der Waals surface area contributed by atoms with Gasteiger partial charge in [0.05, 0.1) is 12.4 Å². The number of aromatic nitrogens is 2. The first-order valence-corrected chi connectivity index (χ1v) is 5.42. The molecule has 4 nitrogen and oxygen atoms in total. The lowest BCUT2D eigenvalue weighted by Gasteiger charge is -2.10. The van der Waals surface area contributed by atoms with Crippen molar-refractivity contribution in [1.82, 2.24) is 9.97 Å². The minimum atomic E-state index is 0.464. The zero-order chi connectivity index (χ0) is 9.10. The van der Waals surface area contributed by atoms with Gasteiger partial charge in [-0.1, -0.05) is 0 Å². The third kappa shape index (κ3) is 2.24. The Bertz CT molecular complexity index is 268. The second kappa shape index (κ2) is 3.83. The molecule has 1 aromatic rings. The third-order valence-electron chi connectivity index (χ3n) is 1.95. The van der Waals surface area contributed by atoms with Crippen molar-refractivity contribution in [3.8, 4) is 0 Å². The molecule has 1 aliphatic rings. The molecule has 3 N–H and O–H groups in total. The van der Waals surface area contributed by atoms with Crippen molar-refractivity contribution in [3.63, 3.8) is 0 Å². The summed E-state index contributed by atoms with van der Waals surface area (Å²) in [5, 5.41) is 3.32. The molecule has 1 aromatic heterocycles. The van der Waals surface area contributed by atoms with Gasteiger partial charge in [-0.15, -0.1) is 0 Å². The van der Waals surface area contributed by atoms with Crippen molar-refractivity contribution < 1.29 is 0 Å². The monoisotopic (exact) mass is 196 g/mol. The number of hydrogen-bond donors (Lipinski definition) is 2. The molecular weight excluding hydrogens is 184 g/mol. The van der Waals surface area contributed by atoms with Gasteiger partial charge in [-0.25, -0.2) is 9.97 Å². The van der Waals surface area contributed by atoms with Crippen LogP contribution >= 0.6 is 11.8 Å². The summed E-state index contributed by atoms with van der Waals surface area (Å²) in [5.74, 6) is 3.68. The van der Waals surface area contributed by atoms with E-state index in [1.54, 1.807) is 12.4 Å². The number of nitrogens with one attached hydrogen (secondary N) is 1. The van der Waals surface area contributed by atoms with E-state index < -0.39 is 0 Å². The maximum absolute atomic E-state index is 5.43. The molecule has 0 aliphatic carbocycles. The standard InChI is InChI=1S/C8H12N4S/c9-7-3-11-8(4-10-7)12-6-1-2-13-5-6/h3-4,6H,1-2,5H2,(H2,9,10)(H,11,12). The molecule has 0 aromatic carbocycles. The SMILES string of the molecule is Nc1cnc(NC2CCSC2)cn1. The van der Waals surface area contributed by atoms with Crippen LogP contribution in [0.15, 0.2) is 12.4 Å². The molecule has 0 saturated carbocycles. The smallest absolute Gasteiger partial charge is 0.144 e. The van der Waals surface area contributed by atoms with Crippen molar-refractivity contribution in [1.29, 1.82) is 0 Å². The van der Waals surface area contributed by atoms with Crippen LogP contribution in [0.2, 0.25) is 0 Å². The van der Waals surface area contributed by atoms with Crippen LogP contribution in [0.25, 0.3) is 0 Å². The van der Waals surface area contributed by atoms with Gasteiger partial charge < -0.3 is 11.1 Å². The highest BCUT2D eigenvalue weighted by atomic mass is 32.2. The first kappa shape index (κ1) is 8.62. The van der Waals surface area contributed by atoms with Crippen LogP contribution < -0.4 is 11.1 Å². The Labute approximate surface area is 81.3 Å². The molecule has 0 radical (unpaired) electrons. The van der Waals surface area contributed by atoms with Crippen molar-refractivity contribution in [2.45, 2.75) is 12.5 Å². The van der Waals surface area contributed by atoms with Gasteiger partial charge >= 0.3 is 0 Å². The van der Waals surface area contributed by atoms with Gasteiger partial charge in [-0.2, -0.15) is 11.8 Å². The molecule has 1 fully saturated rings. The number of nitrogens with two attached hydrogens (primary N) is 1. The van der Waals surface area contributed by atoms with Gasteiger partial charge in [0, 0.05) is 11.8 Å². The summed E-state index contributed by atoms with van der Waals surface area (Å²) in [7, 11) is 0. The third-order valence-corrected chi connectivity index (χ3v) is 3.12. The Morgan fingerprint density at radius 3 is 3.00 bits per heavy atom. The number of nitrogen functional groups attached to an aromatic ring is 1. The van der Waals surface area contributed by atoms with E-state index in [1.165, 1.54) is 12.2 Å². The largest absolute Gasteiger partial charge is 0.382 e. The fourth-order valence-corrected chi connectivity index (χ4v) is 2.42. The zero-order valence-electron chi connectivity index (χ0n) is 7.23. The summed E-state index contributed by atoms with van der Waals surface area (Å²) in [5.41, 5.74) is 5.43. The molecule has 70 valence electrons. The van der Waals surface area contributed by atoms with Crippen LogP contribution in [-0.4, -0.2) is 27.5 Å². The minimum Gasteiger partial charge on any atom is -0.382 e. The molecule has 0 amide bonds. The molecule has 1 unspecified atom stereocenters. The van der Waals surface area contributed by atoms with E-state index in [4.69, 9.17) is 5.73 Å². The molecule has 0 bridgehead atoms. The second-order valence-electron chi connectivity index (χ2n) is 3.03. The summed E-state index contributed by atoms with van der Waals surface area (Å²) in [6, 6.07) is 0.544. The molecule has 2 rings (SSSR count). The van der Waals surface area contributed by atoms with Gasteiger partial charge in [0.15, 0.2) is 0 Å². The minimum absolute atomic E-state index is 0.464. The second-order valence-corrected chi connectivity index (χ2v) is 4.18. The molecule has 0 spiro atoms. The Kier molecular flexibility index (Phi) is 2.54. The van der Waals surface area contributed by atoms with Crippen LogP contribution in [0.4, 0.5) is 11.6 Å². The van der Waals surface area contributed by atoms with Gasteiger partial charge in [0.2, 0.25) is 0 Å². The summed E-state index contributed by atoms with van der Waals surface area (Å²) >= 11 is 1.97. The average molecular weight is 196 g/mol. The van der Waals surface area contributed by atoms with Crippen molar-refractivity contribution in [3.05, 3.63) is 12.4 Å². The van der Waals surface area contributed by atoms with E-state index in [-0.39, 0.29) is 0 Å². The maximum Gasteiger partial charge on any atom is 0.144 e. The maximum atomic E-state index is 5.43. The Hall–Kier alpha value is -0.970. The first-order chi connectivity index (χ1) is 6.34. The van der Waals surface area contributed by atoms with Crippen LogP contribution in [-0.2, 0) is 0 Å². The fourth-order valence-electron chi connectivity index (χ4n) is 1.27. The lowest BCUT2D eigenvalue weighted by Crippen LogP contribution is -2.19. The van der Waals surface area contributed by atoms with E-state index in [2.05, 4.69) is 15.3 Å². The summed E-state index contributed by atoms with van der Waals surface area (Å²) < 4.78 is 0. The number of rotatable bonds is 2. The number of hydrogen-bond acceptors (Lipinski definition) is 5. The fraction of sp³-hybridized carbons (Fsp3) is 0.500. The molecular formula is C8H12N4S. The zero-order valence-corrected chi connectivity index (χ0v) is 8.05. The predicted octanol–water partition coefficient (Wildman–Crippen LogP) is 0.976. The highest BCUT2D eigenvalue weighted by Gasteiger charge is 2.15. The highest BCUT2D eigenvalue weighted by Crippen LogP contribution is 2.20. The molecule has 5 heteroatoms. The quantitative estimate of drug-likeness (QED) is 0.738. The van der Waals surface area contributed by atoms with E-state index in [9.17, 15) is 0 Å². The first-order valence-electron chi connectivity index (χ1n) is 4.26. The molecule has 1 aliphatic heterocycles. The molecule has 1 atom stereocenters. The van der Waals surface area contributed by atoms with Crippen molar-refractivity contribution >= 4 is 23.4 Å². The summed E-state index contributed by atoms with van der Waals surface area (Å²) in [6.45, 7) is 0. The van der Waals surface area contributed by atoms with E-state index >= 15 is 0 Å². The van der Waals surface area contributed by atoms with E-state index in [0.29, 0.717) is 11.9 Å². The Morgan fingerprint density at radius 2 is 2.38 bits per heavy atom. The van der Waals surface area contributed by atoms with Crippen molar-refractivity contribution in [2.75, 3.05) is 22.6 Å². The number of thioether (sulfide) groups is 1. The lowest BCUT2D eigenvalue weighted by molar-refractivity contribution is 0.805. The van der Waals surface area contributed by atoms with Gasteiger partial charge in [-0.3, -0.25) is 0 Å². The normalized spacial score (nSPS) is 21.7. The lowest BCUT2D eigenvalue weighted by atomic mass is 10.3. The van der Waals surface area contributed by atoms with Crippen LogP contribution in [0.3, 0.4) is 0 Å².